The lowest BCUT2D eigenvalue weighted by molar-refractivity contribution is 0.0629. The number of hydrogen-bond donors (Lipinski definition) is 1. The fourth-order valence-corrected chi connectivity index (χ4v) is 2.98. The van der Waals surface area contributed by atoms with Gasteiger partial charge < -0.3 is 10.6 Å². The van der Waals surface area contributed by atoms with Crippen LogP contribution in [-0.2, 0) is 0 Å². The van der Waals surface area contributed by atoms with Gasteiger partial charge in [0.2, 0.25) is 0 Å². The standard InChI is InChI=1S/C15H19N3O2/c16-11-4-3-7-17(10-11)8-9-18-14(19)12-5-1-2-6-13(12)15(18)20/h1-2,5-6,11H,3-4,7-10,16H2. The lowest BCUT2D eigenvalue weighted by Gasteiger charge is -2.31. The number of carbonyl (C=O) groups excluding carboxylic acids is 2. The fourth-order valence-electron chi connectivity index (χ4n) is 2.98. The molecule has 1 aromatic carbocycles. The number of piperidine rings is 1. The topological polar surface area (TPSA) is 66.6 Å². The van der Waals surface area contributed by atoms with Gasteiger partial charge in [-0.3, -0.25) is 14.5 Å². The molecular formula is C15H19N3O2. The third-order valence-electron chi connectivity index (χ3n) is 4.06. The quantitative estimate of drug-likeness (QED) is 0.824. The molecule has 2 aliphatic rings. The molecule has 5 nitrogen and oxygen atoms in total. The third kappa shape index (κ3) is 2.34. The van der Waals surface area contributed by atoms with Crippen molar-refractivity contribution in [2.75, 3.05) is 26.2 Å². The Balaban J connectivity index is 1.65. The Morgan fingerprint density at radius 1 is 1.10 bits per heavy atom. The van der Waals surface area contributed by atoms with Crippen molar-refractivity contribution in [1.29, 1.82) is 0 Å². The summed E-state index contributed by atoms with van der Waals surface area (Å²) in [5, 5.41) is 0. The van der Waals surface area contributed by atoms with Gasteiger partial charge in [0.25, 0.3) is 11.8 Å². The van der Waals surface area contributed by atoms with E-state index in [1.807, 2.05) is 0 Å². The normalized spacial score (nSPS) is 23.2. The van der Waals surface area contributed by atoms with Gasteiger partial charge in [0.05, 0.1) is 11.1 Å². The maximum Gasteiger partial charge on any atom is 0.261 e. The number of benzene rings is 1. The molecule has 0 aromatic heterocycles. The molecule has 3 rings (SSSR count). The van der Waals surface area contributed by atoms with Crippen molar-refractivity contribution >= 4 is 11.8 Å². The first-order valence-corrected chi connectivity index (χ1v) is 7.10. The van der Waals surface area contributed by atoms with Crippen LogP contribution >= 0.6 is 0 Å². The summed E-state index contributed by atoms with van der Waals surface area (Å²) in [4.78, 5) is 28.0. The van der Waals surface area contributed by atoms with Crippen LogP contribution in [0.4, 0.5) is 0 Å². The second kappa shape index (κ2) is 5.34. The van der Waals surface area contributed by atoms with Crippen LogP contribution in [0.5, 0.6) is 0 Å². The van der Waals surface area contributed by atoms with E-state index in [0.717, 1.165) is 25.9 Å². The van der Waals surface area contributed by atoms with E-state index < -0.39 is 0 Å². The minimum Gasteiger partial charge on any atom is -0.327 e. The molecule has 0 aliphatic carbocycles. The van der Waals surface area contributed by atoms with Gasteiger partial charge in [-0.25, -0.2) is 0 Å². The van der Waals surface area contributed by atoms with E-state index in [4.69, 9.17) is 5.73 Å². The summed E-state index contributed by atoms with van der Waals surface area (Å²) in [5.41, 5.74) is 6.99. The number of imide groups is 1. The Morgan fingerprint density at radius 2 is 1.75 bits per heavy atom. The number of fused-ring (bicyclic) bond motifs is 1. The second-order valence-electron chi connectivity index (χ2n) is 5.51. The summed E-state index contributed by atoms with van der Waals surface area (Å²) in [6.45, 7) is 3.00. The molecule has 1 aromatic rings. The van der Waals surface area contributed by atoms with Crippen LogP contribution in [0.3, 0.4) is 0 Å². The van der Waals surface area contributed by atoms with Crippen molar-refractivity contribution in [1.82, 2.24) is 9.80 Å². The van der Waals surface area contributed by atoms with Crippen LogP contribution < -0.4 is 5.73 Å². The van der Waals surface area contributed by atoms with E-state index in [-0.39, 0.29) is 17.9 Å². The molecular weight excluding hydrogens is 254 g/mol. The van der Waals surface area contributed by atoms with Gasteiger partial charge in [-0.15, -0.1) is 0 Å². The molecule has 0 saturated carbocycles. The average molecular weight is 273 g/mol. The molecule has 0 radical (unpaired) electrons. The van der Waals surface area contributed by atoms with Gasteiger partial charge in [0.1, 0.15) is 0 Å². The second-order valence-corrected chi connectivity index (χ2v) is 5.51. The highest BCUT2D eigenvalue weighted by atomic mass is 16.2. The van der Waals surface area contributed by atoms with Gasteiger partial charge in [0, 0.05) is 25.7 Å². The van der Waals surface area contributed by atoms with Crippen molar-refractivity contribution in [3.8, 4) is 0 Å². The molecule has 2 aliphatic heterocycles. The minimum atomic E-state index is -0.174. The van der Waals surface area contributed by atoms with Crippen molar-refractivity contribution in [3.05, 3.63) is 35.4 Å². The first-order chi connectivity index (χ1) is 9.66. The lowest BCUT2D eigenvalue weighted by atomic mass is 10.1. The Labute approximate surface area is 118 Å². The van der Waals surface area contributed by atoms with Crippen LogP contribution in [0.15, 0.2) is 24.3 Å². The maximum atomic E-state index is 12.2. The molecule has 1 unspecified atom stereocenters. The number of likely N-dealkylation sites (tertiary alicyclic amines) is 1. The highest BCUT2D eigenvalue weighted by Crippen LogP contribution is 2.22. The van der Waals surface area contributed by atoms with E-state index in [2.05, 4.69) is 4.90 Å². The Kier molecular flexibility index (Phi) is 3.54. The van der Waals surface area contributed by atoms with Gasteiger partial charge in [0.15, 0.2) is 0 Å². The van der Waals surface area contributed by atoms with Crippen molar-refractivity contribution in [2.24, 2.45) is 5.73 Å². The summed E-state index contributed by atoms with van der Waals surface area (Å²) in [6, 6.07) is 7.22. The summed E-state index contributed by atoms with van der Waals surface area (Å²) >= 11 is 0. The van der Waals surface area contributed by atoms with Gasteiger partial charge in [-0.2, -0.15) is 0 Å². The van der Waals surface area contributed by atoms with Crippen LogP contribution in [0.25, 0.3) is 0 Å². The molecule has 106 valence electrons. The predicted molar refractivity (Wildman–Crippen MR) is 75.5 cm³/mol. The Morgan fingerprint density at radius 3 is 2.35 bits per heavy atom. The molecule has 1 atom stereocenters. The largest absolute Gasteiger partial charge is 0.327 e. The highest BCUT2D eigenvalue weighted by molar-refractivity contribution is 6.21. The summed E-state index contributed by atoms with van der Waals surface area (Å²) in [5.74, 6) is -0.348. The molecule has 0 bridgehead atoms. The number of nitrogens with zero attached hydrogens (tertiary/aromatic N) is 2. The van der Waals surface area contributed by atoms with E-state index in [0.29, 0.717) is 24.2 Å². The first kappa shape index (κ1) is 13.3. The molecule has 2 heterocycles. The third-order valence-corrected chi connectivity index (χ3v) is 4.06. The number of amides is 2. The van der Waals surface area contributed by atoms with Crippen molar-refractivity contribution < 1.29 is 9.59 Å². The van der Waals surface area contributed by atoms with E-state index in [1.165, 1.54) is 4.90 Å². The van der Waals surface area contributed by atoms with Crippen LogP contribution in [0, 0.1) is 0 Å². The molecule has 5 heteroatoms. The van der Waals surface area contributed by atoms with Gasteiger partial charge >= 0.3 is 0 Å². The van der Waals surface area contributed by atoms with Crippen LogP contribution in [-0.4, -0.2) is 53.8 Å². The summed E-state index contributed by atoms with van der Waals surface area (Å²) in [7, 11) is 0. The highest BCUT2D eigenvalue weighted by Gasteiger charge is 2.35. The zero-order valence-electron chi connectivity index (χ0n) is 11.4. The monoisotopic (exact) mass is 273 g/mol. The molecule has 1 saturated heterocycles. The number of carbonyl (C=O) groups is 2. The number of hydrogen-bond acceptors (Lipinski definition) is 4. The zero-order valence-corrected chi connectivity index (χ0v) is 11.4. The van der Waals surface area contributed by atoms with E-state index in [9.17, 15) is 9.59 Å². The Hall–Kier alpha value is -1.72. The number of rotatable bonds is 3. The maximum absolute atomic E-state index is 12.2. The zero-order chi connectivity index (χ0) is 14.1. The first-order valence-electron chi connectivity index (χ1n) is 7.10. The number of nitrogens with two attached hydrogens (primary N) is 1. The summed E-state index contributed by atoms with van der Waals surface area (Å²) < 4.78 is 0. The predicted octanol–water partition coefficient (Wildman–Crippen LogP) is 0.706. The molecule has 20 heavy (non-hydrogen) atoms. The van der Waals surface area contributed by atoms with Gasteiger partial charge in [-0.1, -0.05) is 12.1 Å². The van der Waals surface area contributed by atoms with E-state index in [1.54, 1.807) is 24.3 Å². The molecule has 2 amide bonds. The fraction of sp³-hybridized carbons (Fsp3) is 0.467. The van der Waals surface area contributed by atoms with Crippen molar-refractivity contribution in [2.45, 2.75) is 18.9 Å². The SMILES string of the molecule is NC1CCCN(CCN2C(=O)c3ccccc3C2=O)C1. The van der Waals surface area contributed by atoms with Crippen molar-refractivity contribution in [3.63, 3.8) is 0 Å². The average Bonchev–Trinajstić information content (AvgIpc) is 2.70. The smallest absolute Gasteiger partial charge is 0.261 e. The van der Waals surface area contributed by atoms with Crippen LogP contribution in [0.2, 0.25) is 0 Å². The molecule has 1 fully saturated rings. The molecule has 0 spiro atoms. The minimum absolute atomic E-state index is 0.174. The van der Waals surface area contributed by atoms with E-state index >= 15 is 0 Å². The lowest BCUT2D eigenvalue weighted by Crippen LogP contribution is -2.46. The Bertz CT molecular complexity index is 509. The molecule has 2 N–H and O–H groups in total. The van der Waals surface area contributed by atoms with Crippen LogP contribution in [0.1, 0.15) is 33.6 Å². The van der Waals surface area contributed by atoms with Gasteiger partial charge in [-0.05, 0) is 31.5 Å². The summed E-state index contributed by atoms with van der Waals surface area (Å²) in [6.07, 6.45) is 2.15.